The van der Waals surface area contributed by atoms with Gasteiger partial charge >= 0.3 is 12.4 Å². The lowest BCUT2D eigenvalue weighted by Gasteiger charge is -2.24. The van der Waals surface area contributed by atoms with Crippen LogP contribution in [0.5, 0.6) is 0 Å². The first-order valence-corrected chi connectivity index (χ1v) is 9.31. The lowest BCUT2D eigenvalue weighted by atomic mass is 10.1. The minimum absolute atomic E-state index is 0.0646. The molecule has 0 bridgehead atoms. The maximum Gasteiger partial charge on any atom is 0.416 e. The van der Waals surface area contributed by atoms with Crippen LogP contribution < -0.4 is 10.6 Å². The first-order valence-electron chi connectivity index (χ1n) is 8.90. The van der Waals surface area contributed by atoms with Crippen molar-refractivity contribution in [3.63, 3.8) is 0 Å². The Bertz CT molecular complexity index is 818. The average molecular weight is 449 g/mol. The zero-order valence-electron chi connectivity index (χ0n) is 16.2. The fourth-order valence-corrected chi connectivity index (χ4v) is 3.16. The number of nitrogens with one attached hydrogen (secondary N) is 2. The van der Waals surface area contributed by atoms with Gasteiger partial charge in [-0.25, -0.2) is 0 Å². The highest BCUT2D eigenvalue weighted by Gasteiger charge is 2.37. The van der Waals surface area contributed by atoms with E-state index in [9.17, 15) is 26.3 Å². The van der Waals surface area contributed by atoms with Crippen molar-refractivity contribution in [3.05, 3.63) is 65.2 Å². The molecule has 0 aromatic heterocycles. The highest BCUT2D eigenvalue weighted by molar-refractivity contribution is 7.80. The molecular weight excluding hydrogens is 428 g/mol. The molecular formula is C20H21F6N3S. The maximum atomic E-state index is 13.0. The molecule has 0 aliphatic rings. The summed E-state index contributed by atoms with van der Waals surface area (Å²) in [6, 6.07) is 10.5. The van der Waals surface area contributed by atoms with Gasteiger partial charge in [0.15, 0.2) is 5.11 Å². The third-order valence-corrected chi connectivity index (χ3v) is 4.31. The molecule has 0 heterocycles. The van der Waals surface area contributed by atoms with Crippen LogP contribution in [0.4, 0.5) is 32.0 Å². The number of halogens is 6. The Morgan fingerprint density at radius 3 is 1.93 bits per heavy atom. The number of benzene rings is 2. The van der Waals surface area contributed by atoms with Crippen LogP contribution in [0.3, 0.4) is 0 Å². The molecule has 0 spiro atoms. The molecule has 2 aromatic rings. The molecule has 0 radical (unpaired) electrons. The van der Waals surface area contributed by atoms with E-state index >= 15 is 0 Å². The molecule has 0 amide bonds. The zero-order chi connectivity index (χ0) is 22.5. The molecule has 3 nitrogen and oxygen atoms in total. The van der Waals surface area contributed by atoms with Gasteiger partial charge in [-0.2, -0.15) is 26.3 Å². The van der Waals surface area contributed by atoms with Gasteiger partial charge in [-0.15, -0.1) is 0 Å². The maximum absolute atomic E-state index is 13.0. The number of rotatable bonds is 6. The molecule has 0 saturated carbocycles. The van der Waals surface area contributed by atoms with Crippen LogP contribution in [0.25, 0.3) is 0 Å². The lowest BCUT2D eigenvalue weighted by Crippen LogP contribution is -2.44. The predicted molar refractivity (Wildman–Crippen MR) is 108 cm³/mol. The van der Waals surface area contributed by atoms with Crippen molar-refractivity contribution in [1.82, 2.24) is 10.2 Å². The van der Waals surface area contributed by atoms with Gasteiger partial charge in [0, 0.05) is 18.3 Å². The Morgan fingerprint density at radius 1 is 0.933 bits per heavy atom. The Labute approximate surface area is 176 Å². The number of nitrogens with zero attached hydrogens (tertiary/aromatic N) is 1. The van der Waals surface area contributed by atoms with Gasteiger partial charge in [-0.05, 0) is 56.5 Å². The first-order chi connectivity index (χ1) is 13.8. The Hall–Kier alpha value is -2.33. The fraction of sp³-hybridized carbons (Fsp3) is 0.350. The SMILES string of the molecule is CN(C)C[C@H](Cc1ccccc1)NC(=S)Nc1cc(C(F)(F)F)cc(C(F)(F)F)c1. The predicted octanol–water partition coefficient (Wildman–Crippen LogP) is 5.18. The molecule has 2 aromatic carbocycles. The largest absolute Gasteiger partial charge is 0.416 e. The number of alkyl halides is 6. The van der Waals surface area contributed by atoms with Gasteiger partial charge in [0.1, 0.15) is 0 Å². The normalized spacial score (nSPS) is 13.2. The number of hydrogen-bond acceptors (Lipinski definition) is 2. The van der Waals surface area contributed by atoms with Crippen molar-refractivity contribution in [2.75, 3.05) is 26.0 Å². The highest BCUT2D eigenvalue weighted by Crippen LogP contribution is 2.37. The van der Waals surface area contributed by atoms with Gasteiger partial charge in [-0.1, -0.05) is 30.3 Å². The second-order valence-electron chi connectivity index (χ2n) is 7.04. The summed E-state index contributed by atoms with van der Waals surface area (Å²) in [7, 11) is 3.69. The van der Waals surface area contributed by atoms with E-state index in [-0.39, 0.29) is 17.2 Å². The zero-order valence-corrected chi connectivity index (χ0v) is 17.1. The van der Waals surface area contributed by atoms with E-state index in [4.69, 9.17) is 12.2 Å². The van der Waals surface area contributed by atoms with Crippen molar-refractivity contribution >= 4 is 23.0 Å². The quantitative estimate of drug-likeness (QED) is 0.469. The Kier molecular flexibility index (Phi) is 7.70. The second-order valence-corrected chi connectivity index (χ2v) is 7.45. The molecule has 0 unspecified atom stereocenters. The van der Waals surface area contributed by atoms with Crippen LogP contribution in [-0.4, -0.2) is 36.7 Å². The van der Waals surface area contributed by atoms with E-state index in [1.165, 1.54) is 0 Å². The molecule has 0 aliphatic carbocycles. The number of thiocarbonyl (C=S) groups is 1. The summed E-state index contributed by atoms with van der Waals surface area (Å²) in [5.41, 5.74) is -2.19. The summed E-state index contributed by atoms with van der Waals surface area (Å²) >= 11 is 5.15. The van der Waals surface area contributed by atoms with Crippen LogP contribution in [0.15, 0.2) is 48.5 Å². The molecule has 164 valence electrons. The van der Waals surface area contributed by atoms with Gasteiger partial charge in [0.2, 0.25) is 0 Å². The molecule has 2 rings (SSSR count). The molecule has 0 fully saturated rings. The van der Waals surface area contributed by atoms with Crippen molar-refractivity contribution in [2.24, 2.45) is 0 Å². The van der Waals surface area contributed by atoms with E-state index in [1.807, 2.05) is 49.3 Å². The van der Waals surface area contributed by atoms with Crippen molar-refractivity contribution in [3.8, 4) is 0 Å². The van der Waals surface area contributed by atoms with Crippen LogP contribution >= 0.6 is 12.2 Å². The van der Waals surface area contributed by atoms with Gasteiger partial charge < -0.3 is 15.5 Å². The summed E-state index contributed by atoms with van der Waals surface area (Å²) in [6.45, 7) is 0.549. The third-order valence-electron chi connectivity index (χ3n) is 4.09. The van der Waals surface area contributed by atoms with Crippen LogP contribution in [0.2, 0.25) is 0 Å². The third kappa shape index (κ3) is 7.49. The van der Waals surface area contributed by atoms with E-state index in [1.54, 1.807) is 0 Å². The minimum Gasteiger partial charge on any atom is -0.358 e. The fourth-order valence-electron chi connectivity index (χ4n) is 2.88. The van der Waals surface area contributed by atoms with Crippen LogP contribution in [0.1, 0.15) is 16.7 Å². The van der Waals surface area contributed by atoms with Crippen molar-refractivity contribution in [1.29, 1.82) is 0 Å². The van der Waals surface area contributed by atoms with Gasteiger partial charge in [0.05, 0.1) is 11.1 Å². The number of hydrogen-bond donors (Lipinski definition) is 2. The summed E-state index contributed by atoms with van der Waals surface area (Å²) < 4.78 is 78.1. The molecule has 2 N–H and O–H groups in total. The molecule has 0 saturated heterocycles. The minimum atomic E-state index is -4.92. The van der Waals surface area contributed by atoms with Gasteiger partial charge in [0.25, 0.3) is 0 Å². The summed E-state index contributed by atoms with van der Waals surface area (Å²) in [5.74, 6) is 0. The number of likely N-dealkylation sites (N-methyl/N-ethyl adjacent to an activating group) is 1. The standard InChI is InChI=1S/C20H21F6N3S/c1-29(2)12-17(8-13-6-4-3-5-7-13)28-18(30)27-16-10-14(19(21,22)23)9-15(11-16)20(24,25)26/h3-7,9-11,17H,8,12H2,1-2H3,(H2,27,28,30)/t17-/m0/s1. The van der Waals surface area contributed by atoms with E-state index in [0.29, 0.717) is 25.1 Å². The van der Waals surface area contributed by atoms with Crippen molar-refractivity contribution in [2.45, 2.75) is 24.8 Å². The smallest absolute Gasteiger partial charge is 0.358 e. The Balaban J connectivity index is 2.20. The lowest BCUT2D eigenvalue weighted by molar-refractivity contribution is -0.143. The van der Waals surface area contributed by atoms with Gasteiger partial charge in [-0.3, -0.25) is 0 Å². The van der Waals surface area contributed by atoms with Crippen LogP contribution in [0, 0.1) is 0 Å². The van der Waals surface area contributed by atoms with Crippen LogP contribution in [-0.2, 0) is 18.8 Å². The molecule has 0 aliphatic heterocycles. The highest BCUT2D eigenvalue weighted by atomic mass is 32.1. The summed E-state index contributed by atoms with van der Waals surface area (Å²) in [6.07, 6.45) is -9.28. The second kappa shape index (κ2) is 9.65. The molecule has 1 atom stereocenters. The average Bonchev–Trinajstić information content (AvgIpc) is 2.60. The van der Waals surface area contributed by atoms with E-state index < -0.39 is 29.2 Å². The summed E-state index contributed by atoms with van der Waals surface area (Å²) in [4.78, 5) is 1.90. The van der Waals surface area contributed by atoms with Crippen molar-refractivity contribution < 1.29 is 26.3 Å². The van der Waals surface area contributed by atoms with E-state index in [0.717, 1.165) is 5.56 Å². The van der Waals surface area contributed by atoms with E-state index in [2.05, 4.69) is 10.6 Å². The monoisotopic (exact) mass is 449 g/mol. The topological polar surface area (TPSA) is 27.3 Å². The first kappa shape index (κ1) is 23.9. The summed E-state index contributed by atoms with van der Waals surface area (Å²) in [5, 5.41) is 5.37. The number of anilines is 1. The molecule has 30 heavy (non-hydrogen) atoms. The molecule has 10 heteroatoms. The Morgan fingerprint density at radius 2 is 1.47 bits per heavy atom.